The van der Waals surface area contributed by atoms with Crippen molar-refractivity contribution in [2.75, 3.05) is 6.54 Å². The van der Waals surface area contributed by atoms with Crippen molar-refractivity contribution in [1.29, 1.82) is 0 Å². The van der Waals surface area contributed by atoms with Crippen LogP contribution < -0.4 is 10.0 Å². The fourth-order valence-corrected chi connectivity index (χ4v) is 5.98. The van der Waals surface area contributed by atoms with Crippen molar-refractivity contribution in [2.45, 2.75) is 56.1 Å². The summed E-state index contributed by atoms with van der Waals surface area (Å²) >= 11 is 0. The minimum Gasteiger partial charge on any atom is -0.360 e. The van der Waals surface area contributed by atoms with Gasteiger partial charge in [0.15, 0.2) is 5.76 Å². The van der Waals surface area contributed by atoms with Gasteiger partial charge in [0.25, 0.3) is 0 Å². The number of aromatic nitrogens is 1. The predicted octanol–water partition coefficient (Wildman–Crippen LogP) is 3.55. The van der Waals surface area contributed by atoms with Crippen LogP contribution in [0.15, 0.2) is 64.0 Å². The van der Waals surface area contributed by atoms with Gasteiger partial charge in [-0.05, 0) is 50.7 Å². The number of alkyl halides is 2. The summed E-state index contributed by atoms with van der Waals surface area (Å²) in [5.74, 6) is -0.598. The highest BCUT2D eigenvalue weighted by Gasteiger charge is 2.50. The fourth-order valence-electron chi connectivity index (χ4n) is 3.97. The average molecular weight is 586 g/mol. The van der Waals surface area contributed by atoms with E-state index in [-0.39, 0.29) is 34.9 Å². The third kappa shape index (κ3) is 7.80. The minimum atomic E-state index is -5.76. The van der Waals surface area contributed by atoms with Gasteiger partial charge in [-0.2, -0.15) is 13.5 Å². The lowest BCUT2D eigenvalue weighted by Crippen LogP contribution is -2.48. The Labute approximate surface area is 225 Å². The van der Waals surface area contributed by atoms with Crippen molar-refractivity contribution in [3.63, 3.8) is 0 Å². The highest BCUT2D eigenvalue weighted by molar-refractivity contribution is 7.89. The maximum Gasteiger partial charge on any atom is 0.399 e. The maximum absolute atomic E-state index is 14.0. The molecule has 0 aliphatic rings. The maximum atomic E-state index is 14.0. The number of carbonyl (C=O) groups excluding carboxylic acids is 1. The van der Waals surface area contributed by atoms with Crippen LogP contribution in [0.4, 0.5) is 8.78 Å². The van der Waals surface area contributed by atoms with Crippen LogP contribution in [0.3, 0.4) is 0 Å². The Morgan fingerprint density at radius 1 is 1.05 bits per heavy atom. The first-order chi connectivity index (χ1) is 18.2. The Morgan fingerprint density at radius 3 is 2.26 bits per heavy atom. The number of nitrogens with one attached hydrogen (secondary N) is 2. The molecule has 0 radical (unpaired) electrons. The Balaban J connectivity index is 1.74. The van der Waals surface area contributed by atoms with Crippen molar-refractivity contribution in [1.82, 2.24) is 15.2 Å². The number of nitrogens with zero attached hydrogens (tertiary/aromatic N) is 1. The Morgan fingerprint density at radius 2 is 1.69 bits per heavy atom. The van der Waals surface area contributed by atoms with Crippen LogP contribution in [0.2, 0.25) is 0 Å². The zero-order valence-corrected chi connectivity index (χ0v) is 23.0. The quantitative estimate of drug-likeness (QED) is 0.175. The second-order valence-corrected chi connectivity index (χ2v) is 12.3. The third-order valence-electron chi connectivity index (χ3n) is 5.99. The van der Waals surface area contributed by atoms with E-state index in [0.29, 0.717) is 6.42 Å². The zero-order chi connectivity index (χ0) is 28.8. The summed E-state index contributed by atoms with van der Waals surface area (Å²) in [4.78, 5) is 30.8. The van der Waals surface area contributed by atoms with Crippen LogP contribution in [0.5, 0.6) is 0 Å². The molecular formula is C25H30F2N3O7PS. The van der Waals surface area contributed by atoms with Gasteiger partial charge in [-0.3, -0.25) is 9.36 Å². The van der Waals surface area contributed by atoms with E-state index in [1.807, 2.05) is 30.3 Å². The number of carbonyl (C=O) groups is 1. The van der Waals surface area contributed by atoms with Crippen molar-refractivity contribution < 1.29 is 40.9 Å². The second kappa shape index (κ2) is 12.5. The summed E-state index contributed by atoms with van der Waals surface area (Å²) in [7, 11) is -10.0. The number of sulfonamides is 1. The molecule has 39 heavy (non-hydrogen) atoms. The third-order valence-corrected chi connectivity index (χ3v) is 8.70. The van der Waals surface area contributed by atoms with Gasteiger partial charge in [0.2, 0.25) is 15.9 Å². The van der Waals surface area contributed by atoms with E-state index in [0.717, 1.165) is 42.7 Å². The van der Waals surface area contributed by atoms with Gasteiger partial charge in [0, 0.05) is 12.1 Å². The number of hydrogen-bond donors (Lipinski definition) is 4. The van der Waals surface area contributed by atoms with E-state index in [4.69, 9.17) is 14.3 Å². The van der Waals surface area contributed by atoms with E-state index in [9.17, 15) is 26.6 Å². The Hall–Kier alpha value is -2.96. The molecule has 1 amide bonds. The highest BCUT2D eigenvalue weighted by atomic mass is 32.2. The van der Waals surface area contributed by atoms with E-state index in [2.05, 4.69) is 15.2 Å². The largest absolute Gasteiger partial charge is 0.399 e. The number of amides is 1. The molecule has 0 saturated carbocycles. The van der Waals surface area contributed by atoms with E-state index >= 15 is 0 Å². The Bertz CT molecular complexity index is 1410. The van der Waals surface area contributed by atoms with Crippen LogP contribution in [0, 0.1) is 13.8 Å². The SMILES string of the molecule is Cc1noc(C)c1S(=O)(=O)NC(Cc1ccc(C(F)(F)P(=O)(O)O)cc1)C(=O)NCCCCc1ccccc1. The molecule has 10 nitrogen and oxygen atoms in total. The van der Waals surface area contributed by atoms with Crippen LogP contribution in [-0.2, 0) is 37.9 Å². The monoisotopic (exact) mass is 585 g/mol. The second-order valence-electron chi connectivity index (χ2n) is 9.05. The van der Waals surface area contributed by atoms with Gasteiger partial charge in [0.05, 0.1) is 0 Å². The lowest BCUT2D eigenvalue weighted by Gasteiger charge is -2.20. The topological polar surface area (TPSA) is 159 Å². The molecule has 0 spiro atoms. The molecule has 3 aromatic rings. The summed E-state index contributed by atoms with van der Waals surface area (Å²) < 4.78 is 72.7. The number of unbranched alkanes of at least 4 members (excludes halogenated alkanes) is 1. The number of aryl methyl sites for hydroxylation is 3. The molecule has 0 fully saturated rings. The van der Waals surface area contributed by atoms with Crippen molar-refractivity contribution in [3.8, 4) is 0 Å². The summed E-state index contributed by atoms with van der Waals surface area (Å²) in [6.45, 7) is 3.13. The van der Waals surface area contributed by atoms with Gasteiger partial charge < -0.3 is 19.6 Å². The van der Waals surface area contributed by atoms with E-state index in [1.54, 1.807) is 0 Å². The summed E-state index contributed by atoms with van der Waals surface area (Å²) in [6, 6.07) is 12.4. The molecule has 1 atom stereocenters. The van der Waals surface area contributed by atoms with Gasteiger partial charge in [-0.15, -0.1) is 0 Å². The first kappa shape index (κ1) is 30.6. The summed E-state index contributed by atoms with van der Waals surface area (Å²) in [6.07, 6.45) is 2.01. The molecule has 0 aliphatic heterocycles. The van der Waals surface area contributed by atoms with Crippen LogP contribution >= 0.6 is 7.60 Å². The van der Waals surface area contributed by atoms with Crippen molar-refractivity contribution in [3.05, 3.63) is 82.7 Å². The number of benzene rings is 2. The number of rotatable bonds is 13. The minimum absolute atomic E-state index is 0.0316. The zero-order valence-electron chi connectivity index (χ0n) is 21.3. The summed E-state index contributed by atoms with van der Waals surface area (Å²) in [5, 5.41) is 6.35. The average Bonchev–Trinajstić information content (AvgIpc) is 3.22. The van der Waals surface area contributed by atoms with Crippen LogP contribution in [0.25, 0.3) is 0 Å². The molecule has 4 N–H and O–H groups in total. The smallest absolute Gasteiger partial charge is 0.360 e. The molecule has 1 aromatic heterocycles. The van der Waals surface area contributed by atoms with E-state index < -0.39 is 40.8 Å². The van der Waals surface area contributed by atoms with Crippen LogP contribution in [-0.4, -0.2) is 41.9 Å². The first-order valence-electron chi connectivity index (χ1n) is 12.0. The molecule has 2 aromatic carbocycles. The van der Waals surface area contributed by atoms with Crippen molar-refractivity contribution in [2.24, 2.45) is 0 Å². The molecule has 0 bridgehead atoms. The molecule has 14 heteroatoms. The number of hydrogen-bond acceptors (Lipinski definition) is 6. The molecule has 1 unspecified atom stereocenters. The predicted molar refractivity (Wildman–Crippen MR) is 139 cm³/mol. The first-order valence-corrected chi connectivity index (χ1v) is 15.1. The molecule has 212 valence electrons. The van der Waals surface area contributed by atoms with E-state index in [1.165, 1.54) is 13.8 Å². The summed E-state index contributed by atoms with van der Waals surface area (Å²) in [5.41, 5.74) is -3.76. The van der Waals surface area contributed by atoms with Gasteiger partial charge in [0.1, 0.15) is 16.6 Å². The molecule has 0 saturated heterocycles. The molecule has 0 aliphatic carbocycles. The van der Waals surface area contributed by atoms with Crippen molar-refractivity contribution >= 4 is 23.5 Å². The molecular weight excluding hydrogens is 555 g/mol. The van der Waals surface area contributed by atoms with Gasteiger partial charge in [-0.25, -0.2) is 8.42 Å². The van der Waals surface area contributed by atoms with Gasteiger partial charge >= 0.3 is 13.3 Å². The lowest BCUT2D eigenvalue weighted by atomic mass is 10.0. The standard InChI is InChI=1S/C25H30F2N3O7PS/c1-17-23(18(2)37-29-17)39(35,36)30-22(24(31)28-15-7-6-10-19-8-4-3-5-9-19)16-20-11-13-21(14-12-20)25(26,27)38(32,33)34/h3-5,8-9,11-14,22,30H,6-7,10,15-16H2,1-2H3,(H,28,31)(H2,32,33,34). The molecule has 3 rings (SSSR count). The highest BCUT2D eigenvalue weighted by Crippen LogP contribution is 2.59. The van der Waals surface area contributed by atoms with Crippen LogP contribution in [0.1, 0.15) is 41.0 Å². The fraction of sp³-hybridized carbons (Fsp3) is 0.360. The lowest BCUT2D eigenvalue weighted by molar-refractivity contribution is -0.122. The Kier molecular flexibility index (Phi) is 9.78. The molecule has 1 heterocycles. The normalized spacial score (nSPS) is 13.3. The number of halogens is 2. The van der Waals surface area contributed by atoms with Gasteiger partial charge in [-0.1, -0.05) is 59.8 Å².